The van der Waals surface area contributed by atoms with E-state index in [1.807, 2.05) is 20.8 Å². The number of hydrogen-bond donors (Lipinski definition) is 3. The summed E-state index contributed by atoms with van der Waals surface area (Å²) in [5, 5.41) is 16.2. The van der Waals surface area contributed by atoms with Crippen molar-refractivity contribution >= 4 is 17.4 Å². The molecule has 1 atom stereocenters. The van der Waals surface area contributed by atoms with Crippen LogP contribution in [0.25, 0.3) is 16.7 Å². The molecule has 5 N–H and O–H groups in total. The molecule has 180 valence electrons. The number of aliphatic imine (C=N–C) groups is 1. The molecule has 2 aromatic rings. The van der Waals surface area contributed by atoms with Gasteiger partial charge in [-0.1, -0.05) is 13.8 Å². The number of amidine groups is 1. The minimum absolute atomic E-state index is 0. The molecule has 0 amide bonds. The van der Waals surface area contributed by atoms with Crippen molar-refractivity contribution in [3.63, 3.8) is 0 Å². The van der Waals surface area contributed by atoms with Crippen LogP contribution in [0.5, 0.6) is 5.88 Å². The number of nitrogens with two attached hydrogens (primary N) is 2. The van der Waals surface area contributed by atoms with Crippen LogP contribution in [0.1, 0.15) is 41.5 Å². The zero-order valence-electron chi connectivity index (χ0n) is 20.5. The van der Waals surface area contributed by atoms with Gasteiger partial charge >= 0.3 is 0 Å². The van der Waals surface area contributed by atoms with Crippen LogP contribution in [0.3, 0.4) is 0 Å². The molecule has 33 heavy (non-hydrogen) atoms. The monoisotopic (exact) mass is 624 g/mol. The summed E-state index contributed by atoms with van der Waals surface area (Å²) in [6.07, 6.45) is 4.81. The first-order valence-electron chi connectivity index (χ1n) is 10.3. The van der Waals surface area contributed by atoms with Crippen LogP contribution in [0.15, 0.2) is 35.2 Å². The molecule has 0 saturated heterocycles. The SMILES string of the molecule is C[N-]/C=C(/C(C)=N)C(N)=NC(C)C(C)(C)C(C)(C)Oc1c(-c2nccc(N)n2)cnn1C.[W]. The first-order chi connectivity index (χ1) is 14.8. The Bertz CT molecular complexity index is 1040. The summed E-state index contributed by atoms with van der Waals surface area (Å²) in [5.41, 5.74) is 12.3. The Morgan fingerprint density at radius 1 is 1.33 bits per heavy atom. The van der Waals surface area contributed by atoms with Gasteiger partial charge in [-0.15, -0.1) is 7.05 Å². The van der Waals surface area contributed by atoms with E-state index in [9.17, 15) is 0 Å². The molecule has 0 spiro atoms. The predicted molar refractivity (Wildman–Crippen MR) is 129 cm³/mol. The number of hydrogen-bond acceptors (Lipinski definition) is 7. The van der Waals surface area contributed by atoms with Crippen LogP contribution in [0.2, 0.25) is 0 Å². The van der Waals surface area contributed by atoms with Crippen molar-refractivity contribution < 1.29 is 25.8 Å². The Morgan fingerprint density at radius 3 is 2.52 bits per heavy atom. The molecule has 0 aliphatic heterocycles. The van der Waals surface area contributed by atoms with E-state index in [0.29, 0.717) is 34.4 Å². The molecule has 2 rings (SSSR count). The van der Waals surface area contributed by atoms with E-state index in [-0.39, 0.29) is 32.9 Å². The van der Waals surface area contributed by atoms with Gasteiger partial charge in [-0.3, -0.25) is 4.99 Å². The Morgan fingerprint density at radius 2 is 1.97 bits per heavy atom. The van der Waals surface area contributed by atoms with E-state index in [4.69, 9.17) is 21.6 Å². The molecular weight excluding hydrogens is 590 g/mol. The number of anilines is 1. The van der Waals surface area contributed by atoms with E-state index >= 15 is 0 Å². The van der Waals surface area contributed by atoms with E-state index in [1.165, 1.54) is 0 Å². The van der Waals surface area contributed by atoms with Gasteiger partial charge in [-0.25, -0.2) is 14.6 Å². The summed E-state index contributed by atoms with van der Waals surface area (Å²) in [5.74, 6) is 1.61. The molecule has 0 aliphatic carbocycles. The molecule has 0 radical (unpaired) electrons. The number of nitrogens with zero attached hydrogens (tertiary/aromatic N) is 6. The van der Waals surface area contributed by atoms with Crippen molar-refractivity contribution in [2.24, 2.45) is 23.2 Å². The maximum atomic E-state index is 7.94. The second kappa shape index (κ2) is 10.9. The molecule has 0 fully saturated rings. The number of nitrogen functional groups attached to an aromatic ring is 1. The third kappa shape index (κ3) is 6.19. The third-order valence-electron chi connectivity index (χ3n) is 6.02. The van der Waals surface area contributed by atoms with Gasteiger partial charge < -0.3 is 26.9 Å². The smallest absolute Gasteiger partial charge is 0.223 e. The van der Waals surface area contributed by atoms with E-state index < -0.39 is 11.0 Å². The normalized spacial score (nSPS) is 13.8. The van der Waals surface area contributed by atoms with Gasteiger partial charge in [0.2, 0.25) is 5.88 Å². The molecule has 11 heteroatoms. The second-order valence-corrected chi connectivity index (χ2v) is 8.74. The molecular formula is C22H34N9OW-. The fourth-order valence-corrected chi connectivity index (χ4v) is 3.00. The number of aryl methyl sites for hydroxylation is 1. The predicted octanol–water partition coefficient (Wildman–Crippen LogP) is 3.31. The number of ether oxygens (including phenoxy) is 1. The zero-order valence-corrected chi connectivity index (χ0v) is 23.5. The van der Waals surface area contributed by atoms with Crippen molar-refractivity contribution in [2.75, 3.05) is 12.8 Å². The minimum Gasteiger partial charge on any atom is -0.693 e. The molecule has 2 heterocycles. The Balaban J connectivity index is 0.00000544. The van der Waals surface area contributed by atoms with Gasteiger partial charge in [0.1, 0.15) is 22.8 Å². The maximum absolute atomic E-state index is 7.94. The maximum Gasteiger partial charge on any atom is 0.223 e. The molecule has 2 aromatic heterocycles. The van der Waals surface area contributed by atoms with E-state index in [0.717, 1.165) is 0 Å². The van der Waals surface area contributed by atoms with Gasteiger partial charge in [0, 0.05) is 51.0 Å². The zero-order chi connectivity index (χ0) is 24.3. The largest absolute Gasteiger partial charge is 0.693 e. The van der Waals surface area contributed by atoms with Gasteiger partial charge in [0.15, 0.2) is 5.82 Å². The van der Waals surface area contributed by atoms with Crippen molar-refractivity contribution in [1.82, 2.24) is 19.7 Å². The summed E-state index contributed by atoms with van der Waals surface area (Å²) < 4.78 is 8.16. The number of nitrogens with one attached hydrogen (secondary N) is 1. The molecule has 0 aromatic carbocycles. The molecule has 0 aliphatic rings. The van der Waals surface area contributed by atoms with Crippen LogP contribution >= 0.6 is 0 Å². The van der Waals surface area contributed by atoms with Gasteiger partial charge in [0.25, 0.3) is 0 Å². The number of aromatic nitrogens is 4. The van der Waals surface area contributed by atoms with E-state index in [2.05, 4.69) is 39.2 Å². The Kier molecular flexibility index (Phi) is 9.36. The standard InChI is InChI=1S/C22H34N9O.W/c1-13(23)15(11-26-7)18(25)29-14(2)21(3,4)22(5,6)32-20-16(12-28-31(20)8)19-27-10-9-17(24)30-19;/h9-12,14,23H,1-8H3,(H2,25,29)(H2,24,27,30);/q-1;/b15-11-,23-13?;. The summed E-state index contributed by atoms with van der Waals surface area (Å²) in [4.78, 5) is 13.3. The summed E-state index contributed by atoms with van der Waals surface area (Å²) >= 11 is 0. The molecule has 0 saturated carbocycles. The van der Waals surface area contributed by atoms with Crippen LogP contribution in [-0.2, 0) is 28.1 Å². The Labute approximate surface area is 210 Å². The fourth-order valence-electron chi connectivity index (χ4n) is 3.00. The Hall–Kier alpha value is -2.74. The minimum atomic E-state index is -0.697. The number of rotatable bonds is 9. The summed E-state index contributed by atoms with van der Waals surface area (Å²) in [6, 6.07) is 1.39. The quantitative estimate of drug-likeness (QED) is 0.287. The van der Waals surface area contributed by atoms with Crippen LogP contribution in [0, 0.1) is 10.8 Å². The van der Waals surface area contributed by atoms with Crippen molar-refractivity contribution in [3.8, 4) is 17.3 Å². The second-order valence-electron chi connectivity index (χ2n) is 8.74. The van der Waals surface area contributed by atoms with Crippen molar-refractivity contribution in [2.45, 2.75) is 53.2 Å². The average Bonchev–Trinajstić information content (AvgIpc) is 3.05. The third-order valence-corrected chi connectivity index (χ3v) is 6.02. The average molecular weight is 624 g/mol. The van der Waals surface area contributed by atoms with Gasteiger partial charge in [0.05, 0.1) is 12.2 Å². The fraction of sp³-hybridized carbons (Fsp3) is 0.500. The summed E-state index contributed by atoms with van der Waals surface area (Å²) in [6.45, 7) is 11.7. The molecule has 0 bridgehead atoms. The topological polar surface area (TPSA) is 155 Å². The first kappa shape index (κ1) is 28.3. The summed E-state index contributed by atoms with van der Waals surface area (Å²) in [7, 11) is 3.43. The van der Waals surface area contributed by atoms with E-state index in [1.54, 1.807) is 50.4 Å². The van der Waals surface area contributed by atoms with Crippen LogP contribution < -0.4 is 16.2 Å². The molecule has 10 nitrogen and oxygen atoms in total. The van der Waals surface area contributed by atoms with Crippen LogP contribution in [-0.4, -0.2) is 50.0 Å². The first-order valence-corrected chi connectivity index (χ1v) is 10.3. The van der Waals surface area contributed by atoms with Crippen molar-refractivity contribution in [3.05, 3.63) is 35.5 Å². The van der Waals surface area contributed by atoms with Gasteiger partial charge in [-0.05, 0) is 33.8 Å². The molecule has 1 unspecified atom stereocenters. The van der Waals surface area contributed by atoms with Crippen LogP contribution in [0.4, 0.5) is 5.82 Å². The van der Waals surface area contributed by atoms with Crippen molar-refractivity contribution in [1.29, 1.82) is 5.41 Å². The van der Waals surface area contributed by atoms with Gasteiger partial charge in [-0.2, -0.15) is 11.3 Å².